The van der Waals surface area contributed by atoms with Crippen molar-refractivity contribution in [2.24, 2.45) is 0 Å². The number of nitrogens with zero attached hydrogens (tertiary/aromatic N) is 5. The molecule has 13 aromatic rings. The molecule has 0 amide bonds. The molecular weight excluding hydrogens is 1390 g/mol. The highest BCUT2D eigenvalue weighted by Gasteiger charge is 2.60. The number of hydrogen-bond acceptors (Lipinski definition) is 3. The highest BCUT2D eigenvalue weighted by molar-refractivity contribution is 6.79. The highest BCUT2D eigenvalue weighted by atomic mass is 15.3. The second kappa shape index (κ2) is 29.2. The number of hydrogen-bond donors (Lipinski definition) is 0. The molecule has 2 aliphatic rings. The smallest absolute Gasteiger partial charge is 0.240 e. The zero-order chi connectivity index (χ0) is 88.0. The quantitative estimate of drug-likeness (QED) is 0.118. The molecule has 0 N–H and O–H groups in total. The van der Waals surface area contributed by atoms with E-state index in [4.69, 9.17) is 15.0 Å². The van der Waals surface area contributed by atoms with Gasteiger partial charge in [0.15, 0.2) is 5.82 Å². The first-order valence-electron chi connectivity index (χ1n) is 44.2. The van der Waals surface area contributed by atoms with Crippen molar-refractivity contribution in [2.75, 3.05) is 0 Å². The van der Waals surface area contributed by atoms with Crippen molar-refractivity contribution in [3.05, 3.63) is 38.9 Å². The van der Waals surface area contributed by atoms with Gasteiger partial charge >= 0.3 is 0 Å². The largest absolute Gasteiger partial charge is 0.279 e. The lowest BCUT2D eigenvalue weighted by Gasteiger charge is -2.57. The molecule has 0 saturated heterocycles. The van der Waals surface area contributed by atoms with Crippen molar-refractivity contribution in [1.29, 1.82) is 0 Å². The van der Waals surface area contributed by atoms with Gasteiger partial charge < -0.3 is 0 Å². The molecule has 3 aromatic heterocycles. The average molecular weight is 1480 g/mol. The zero-order valence-corrected chi connectivity index (χ0v) is 81.7. The minimum Gasteiger partial charge on any atom is -0.279 e. The van der Waals surface area contributed by atoms with E-state index < -0.39 is 10.7 Å². The fourth-order valence-electron chi connectivity index (χ4n) is 24.5. The van der Waals surface area contributed by atoms with Crippen molar-refractivity contribution in [3.8, 4) is 56.4 Å². The normalized spacial score (nSPS) is 14.0. The fourth-order valence-corrected chi connectivity index (χ4v) is 24.5. The Kier molecular flexibility index (Phi) is 21.4. The number of rotatable bonds is 7. The molecule has 1 atom stereocenters. The lowest BCUT2D eigenvalue weighted by molar-refractivity contribution is 0.552. The molecule has 5 nitrogen and oxygen atoms in total. The Balaban J connectivity index is 1.24. The molecule has 2 aliphatic carbocycles. The molecule has 50 heteroatoms. The molecule has 10 aromatic carbocycles. The zero-order valence-electron chi connectivity index (χ0n) is 81.7. The maximum absolute atomic E-state index is 6.38. The maximum atomic E-state index is 6.38. The van der Waals surface area contributed by atoms with Gasteiger partial charge in [0.2, 0.25) is 11.9 Å². The molecule has 0 fully saturated rings. The molecule has 0 spiro atoms. The fraction of sp³-hybridized carbons (Fsp3) is 0.0290. The predicted molar refractivity (Wildman–Crippen MR) is 669 cm³/mol. The first-order valence-corrected chi connectivity index (χ1v) is 44.2. The number of fused-ring (bicyclic) bond motifs is 14. The Bertz CT molecular complexity index is 6700. The van der Waals surface area contributed by atoms with Crippen LogP contribution in [0.4, 0.5) is 0 Å². The molecule has 0 aliphatic heterocycles. The number of benzene rings is 10. The second-order valence-electron chi connectivity index (χ2n) is 38.7. The van der Waals surface area contributed by atoms with E-state index in [1.165, 1.54) is 323 Å². The molecule has 3 heterocycles. The Labute approximate surface area is 750 Å². The third-order valence-electron chi connectivity index (χ3n) is 35.3. The van der Waals surface area contributed by atoms with Crippen LogP contribution in [0.3, 0.4) is 0 Å². The minimum absolute atomic E-state index is 0.624. The van der Waals surface area contributed by atoms with Gasteiger partial charge in [-0.05, 0) is 88.1 Å². The van der Waals surface area contributed by atoms with Crippen LogP contribution in [-0.2, 0) is 5.41 Å². The Morgan fingerprint density at radius 1 is 0.185 bits per heavy atom. The second-order valence-corrected chi connectivity index (χ2v) is 38.7. The maximum Gasteiger partial charge on any atom is 0.240 e. The first-order chi connectivity index (χ1) is 55.4. The van der Waals surface area contributed by atoms with Crippen LogP contribution in [0.15, 0.2) is 16.4 Å². The minimum atomic E-state index is -0.992. The summed E-state index contributed by atoms with van der Waals surface area (Å²) in [7, 11) is 109. The summed E-state index contributed by atoms with van der Waals surface area (Å²) in [6.07, 6.45) is 0. The summed E-state index contributed by atoms with van der Waals surface area (Å²) in [6, 6.07) is 0. The van der Waals surface area contributed by atoms with Crippen molar-refractivity contribution < 1.29 is 0 Å². The van der Waals surface area contributed by atoms with E-state index in [-0.39, 0.29) is 0 Å². The van der Waals surface area contributed by atoms with Gasteiger partial charge in [0.1, 0.15) is 353 Å². The van der Waals surface area contributed by atoms with Crippen LogP contribution < -0.4 is 224 Å². The summed E-state index contributed by atoms with van der Waals surface area (Å²) in [6.45, 7) is 0. The highest BCUT2D eigenvalue weighted by Crippen LogP contribution is 2.64. The third-order valence-corrected chi connectivity index (χ3v) is 35.3. The predicted octanol–water partition coefficient (Wildman–Crippen LogP) is -58.7. The van der Waals surface area contributed by atoms with Crippen molar-refractivity contribution in [3.63, 3.8) is 0 Å². The van der Waals surface area contributed by atoms with Crippen LogP contribution in [0.1, 0.15) is 22.5 Å². The standard InChI is InChI=1S/C69H90B45N5/c70-17-1-2(4-6(22(75)38(91)36(89)20(4)73)8-7(23(76)39(92)40(93)24(8)77)5-3(1)19(72)35(88)37(90)21(5)74)18(71)30(83)14(17)68(15-31(84)45(98)49(102)46(99)32(15)85,16-33(86)47(100)50(103)48(101)34(16)87)69(114)63(112)13(29(82)64(69)113)65-115-66(118-59-9(25(78)41(94)51(104)55(59)108)10-26(79)42(95)52(105)56(109)60(10)118)117-67(116-65)119-61-11(27(80)43(96)53(106)57(61)110)12-28(81)44(97)54(107)58(111)62(12)119/h70-114H2. The molecular formula is C69H90B45N5. The van der Waals surface area contributed by atoms with E-state index in [1.807, 2.05) is 0 Å². The van der Waals surface area contributed by atoms with Crippen LogP contribution in [0.25, 0.3) is 106 Å². The van der Waals surface area contributed by atoms with Crippen molar-refractivity contribution in [1.82, 2.24) is 24.1 Å². The van der Waals surface area contributed by atoms with Gasteiger partial charge in [-0.2, -0.15) is 15.0 Å². The lowest BCUT2D eigenvalue weighted by Crippen LogP contribution is -2.68. The van der Waals surface area contributed by atoms with Crippen LogP contribution in [0.5, 0.6) is 0 Å². The van der Waals surface area contributed by atoms with Crippen LogP contribution in [-0.4, -0.2) is 377 Å². The van der Waals surface area contributed by atoms with Gasteiger partial charge in [0.25, 0.3) is 0 Å². The lowest BCUT2D eigenvalue weighted by atomic mass is 9.32. The van der Waals surface area contributed by atoms with E-state index in [0.29, 0.717) is 17.7 Å². The SMILES string of the molecule is BC1=C(B)C(B)(C(c2c(B)c(B)c(B)c(B)c2B)(c2c(B)c(B)c(B)c(B)c2B)c2c(B)c(B)c3c(c2B)-c2c(B)c(B)c(B)c(B)c2-c2c(B)c(B)c(B)c(B)c2-c2c(B)c(B)c(B)c(B)c2-3)C(B)=C1c1nc(-n2c3c(B)c(B)c(B)c(B)c3c3c(B)c(B)c(B)c(B)c32)nc(-n2c3c(B)c(B)c(B)c(B)c3c3c(B)c(B)c(B)c(B)c32)n1. The van der Waals surface area contributed by atoms with Gasteiger partial charge in [0.05, 0.1) is 0 Å². The molecule has 0 bridgehead atoms. The number of allylic oxidation sites excluding steroid dienone is 4. The Hall–Kier alpha value is -6.79. The molecule has 526 valence electrons. The van der Waals surface area contributed by atoms with E-state index in [0.717, 1.165) is 27.6 Å². The summed E-state index contributed by atoms with van der Waals surface area (Å²) in [5.74, 6) is 1.93. The summed E-state index contributed by atoms with van der Waals surface area (Å²) in [5.41, 5.74) is 78.0. The molecule has 15 rings (SSSR count). The van der Waals surface area contributed by atoms with Crippen LogP contribution in [0, 0.1) is 0 Å². The Morgan fingerprint density at radius 3 is 0.605 bits per heavy atom. The number of aromatic nitrogens is 5. The molecule has 0 saturated carbocycles. The van der Waals surface area contributed by atoms with Crippen molar-refractivity contribution in [2.45, 2.75) is 10.7 Å². The summed E-state index contributed by atoms with van der Waals surface area (Å²) < 4.78 is 5.03. The van der Waals surface area contributed by atoms with Crippen LogP contribution >= 0.6 is 0 Å². The van der Waals surface area contributed by atoms with E-state index in [9.17, 15) is 0 Å². The van der Waals surface area contributed by atoms with Gasteiger partial charge in [0, 0.05) is 33.1 Å². The summed E-state index contributed by atoms with van der Waals surface area (Å²) in [5, 5.41) is 4.23. The first kappa shape index (κ1) is 87.1. The van der Waals surface area contributed by atoms with Gasteiger partial charge in [-0.3, -0.25) is 9.13 Å². The Morgan fingerprint density at radius 2 is 0.361 bits per heavy atom. The molecule has 0 radical (unpaired) electrons. The average Bonchev–Trinajstić information content (AvgIpc) is 1.65. The van der Waals surface area contributed by atoms with Crippen LogP contribution in [0.2, 0.25) is 5.31 Å². The van der Waals surface area contributed by atoms with Gasteiger partial charge in [-0.1, -0.05) is 148 Å². The molecule has 1 unspecified atom stereocenters. The van der Waals surface area contributed by atoms with E-state index >= 15 is 0 Å². The monoisotopic (exact) mass is 1480 g/mol. The third kappa shape index (κ3) is 10.9. The van der Waals surface area contributed by atoms with E-state index in [2.05, 4.69) is 362 Å². The van der Waals surface area contributed by atoms with Crippen molar-refractivity contribution >= 4 is 626 Å². The van der Waals surface area contributed by atoms with Gasteiger partial charge in [-0.15, -0.1) is 92.9 Å². The molecule has 119 heavy (non-hydrogen) atoms. The summed E-state index contributed by atoms with van der Waals surface area (Å²) in [4.78, 5) is 19.0. The van der Waals surface area contributed by atoms with E-state index in [1.54, 1.807) is 0 Å². The topological polar surface area (TPSA) is 48.5 Å². The summed E-state index contributed by atoms with van der Waals surface area (Å²) >= 11 is 0. The van der Waals surface area contributed by atoms with Gasteiger partial charge in [-0.25, -0.2) is 0 Å².